The molecule has 2 rings (SSSR count). The van der Waals surface area contributed by atoms with Crippen molar-refractivity contribution in [3.8, 4) is 0 Å². The summed E-state index contributed by atoms with van der Waals surface area (Å²) in [5.74, 6) is 0.869. The van der Waals surface area contributed by atoms with Crippen molar-refractivity contribution >= 4 is 28.9 Å². The Hall–Kier alpha value is -2.38. The van der Waals surface area contributed by atoms with Crippen molar-refractivity contribution in [2.45, 2.75) is 19.9 Å². The first kappa shape index (κ1) is 21.9. The fourth-order valence-corrected chi connectivity index (χ4v) is 3.41. The molecular formula is C21H31N5OS. The summed E-state index contributed by atoms with van der Waals surface area (Å²) in [6, 6.07) is 12.1. The molecule has 0 atom stereocenters. The number of amides is 1. The highest BCUT2D eigenvalue weighted by Gasteiger charge is 2.07. The lowest BCUT2D eigenvalue weighted by Gasteiger charge is -2.21. The number of likely N-dealkylation sites (N-methyl/N-ethyl adjacent to an activating group) is 2. The Kier molecular flexibility index (Phi) is 8.97. The summed E-state index contributed by atoms with van der Waals surface area (Å²) in [7, 11) is 5.82. The zero-order valence-electron chi connectivity index (χ0n) is 17.2. The number of guanidine groups is 1. The van der Waals surface area contributed by atoms with E-state index < -0.39 is 0 Å². The van der Waals surface area contributed by atoms with Crippen LogP contribution in [-0.4, -0.2) is 62.4 Å². The zero-order valence-corrected chi connectivity index (χ0v) is 18.1. The van der Waals surface area contributed by atoms with Gasteiger partial charge in [-0.3, -0.25) is 4.79 Å². The topological polar surface area (TPSA) is 60.0 Å². The predicted molar refractivity (Wildman–Crippen MR) is 119 cm³/mol. The summed E-state index contributed by atoms with van der Waals surface area (Å²) in [5, 5.41) is 8.40. The number of nitrogens with one attached hydrogen (secondary N) is 2. The number of hydrogen-bond donors (Lipinski definition) is 2. The summed E-state index contributed by atoms with van der Waals surface area (Å²) >= 11 is 1.79. The molecule has 152 valence electrons. The molecule has 7 heteroatoms. The Morgan fingerprint density at radius 2 is 2.00 bits per heavy atom. The average molecular weight is 402 g/mol. The van der Waals surface area contributed by atoms with E-state index in [0.29, 0.717) is 13.1 Å². The molecule has 2 N–H and O–H groups in total. The number of aliphatic imine (C=N–C) groups is 1. The average Bonchev–Trinajstić information content (AvgIpc) is 3.16. The molecule has 0 fully saturated rings. The quantitative estimate of drug-likeness (QED) is 0.501. The molecule has 0 unspecified atom stereocenters. The van der Waals surface area contributed by atoms with Crippen molar-refractivity contribution in [3.05, 3.63) is 52.2 Å². The molecule has 0 saturated carbocycles. The highest BCUT2D eigenvalue weighted by atomic mass is 32.1. The maximum Gasteiger partial charge on any atom is 0.238 e. The van der Waals surface area contributed by atoms with E-state index in [-0.39, 0.29) is 5.91 Å². The van der Waals surface area contributed by atoms with Crippen molar-refractivity contribution in [3.63, 3.8) is 0 Å². The van der Waals surface area contributed by atoms with E-state index >= 15 is 0 Å². The zero-order chi connectivity index (χ0) is 20.4. The highest BCUT2D eigenvalue weighted by molar-refractivity contribution is 7.09. The first-order valence-electron chi connectivity index (χ1n) is 9.53. The van der Waals surface area contributed by atoms with Crippen LogP contribution in [0.25, 0.3) is 0 Å². The molecule has 0 aliphatic carbocycles. The van der Waals surface area contributed by atoms with Crippen molar-refractivity contribution < 1.29 is 4.79 Å². The Morgan fingerprint density at radius 3 is 2.68 bits per heavy atom. The van der Waals surface area contributed by atoms with Crippen LogP contribution in [0.3, 0.4) is 0 Å². The summed E-state index contributed by atoms with van der Waals surface area (Å²) in [5.41, 5.74) is 1.86. The summed E-state index contributed by atoms with van der Waals surface area (Å²) in [6.45, 7) is 4.73. The van der Waals surface area contributed by atoms with E-state index in [1.807, 2.05) is 43.3 Å². The van der Waals surface area contributed by atoms with Gasteiger partial charge in [0.25, 0.3) is 0 Å². The highest BCUT2D eigenvalue weighted by Crippen LogP contribution is 2.12. The van der Waals surface area contributed by atoms with Gasteiger partial charge in [-0.05, 0) is 56.6 Å². The van der Waals surface area contributed by atoms with Crippen LogP contribution >= 0.6 is 11.3 Å². The molecule has 0 aliphatic heterocycles. The van der Waals surface area contributed by atoms with Crippen LogP contribution in [0.4, 0.5) is 5.69 Å². The van der Waals surface area contributed by atoms with E-state index in [1.54, 1.807) is 11.3 Å². The standard InChI is InChI=1S/C21H31N5OS/c1-5-22-21(26(4)12-11-19-10-7-13-28-19)23-15-17-8-6-9-18(14-17)24-20(27)16-25(2)3/h6-10,13-14H,5,11-12,15-16H2,1-4H3,(H,22,23)(H,24,27). The van der Waals surface area contributed by atoms with E-state index in [4.69, 9.17) is 4.99 Å². The SMILES string of the molecule is CCNC(=NCc1cccc(NC(=O)CN(C)C)c1)N(C)CCc1cccs1. The molecule has 6 nitrogen and oxygen atoms in total. The van der Waals surface area contributed by atoms with Crippen molar-refractivity contribution in [1.29, 1.82) is 0 Å². The van der Waals surface area contributed by atoms with Gasteiger partial charge in [-0.15, -0.1) is 11.3 Å². The van der Waals surface area contributed by atoms with Gasteiger partial charge >= 0.3 is 0 Å². The molecule has 28 heavy (non-hydrogen) atoms. The first-order chi connectivity index (χ1) is 13.5. The number of benzene rings is 1. The summed E-state index contributed by atoms with van der Waals surface area (Å²) in [4.78, 5) is 22.1. The van der Waals surface area contributed by atoms with Gasteiger partial charge in [0.15, 0.2) is 5.96 Å². The van der Waals surface area contributed by atoms with Crippen LogP contribution in [0.1, 0.15) is 17.4 Å². The lowest BCUT2D eigenvalue weighted by molar-refractivity contribution is -0.116. The summed E-state index contributed by atoms with van der Waals surface area (Å²) < 4.78 is 0. The minimum absolute atomic E-state index is 0.0210. The van der Waals surface area contributed by atoms with E-state index in [1.165, 1.54) is 4.88 Å². The normalized spacial score (nSPS) is 11.5. The molecule has 0 radical (unpaired) electrons. The minimum Gasteiger partial charge on any atom is -0.357 e. The number of rotatable bonds is 9. The molecule has 1 heterocycles. The van der Waals surface area contributed by atoms with Crippen molar-refractivity contribution in [1.82, 2.24) is 15.1 Å². The fourth-order valence-electron chi connectivity index (χ4n) is 2.71. The maximum atomic E-state index is 11.9. The Labute approximate surface area is 172 Å². The Balaban J connectivity index is 1.97. The van der Waals surface area contributed by atoms with E-state index in [9.17, 15) is 4.79 Å². The van der Waals surface area contributed by atoms with Gasteiger partial charge in [-0.25, -0.2) is 4.99 Å². The lowest BCUT2D eigenvalue weighted by Crippen LogP contribution is -2.39. The Morgan fingerprint density at radius 1 is 1.18 bits per heavy atom. The second-order valence-electron chi connectivity index (χ2n) is 6.91. The number of nitrogens with zero attached hydrogens (tertiary/aromatic N) is 3. The van der Waals surface area contributed by atoms with E-state index in [2.05, 4.69) is 47.0 Å². The van der Waals surface area contributed by atoms with Gasteiger partial charge < -0.3 is 20.4 Å². The van der Waals surface area contributed by atoms with Crippen molar-refractivity contribution in [2.24, 2.45) is 4.99 Å². The van der Waals surface area contributed by atoms with Crippen LogP contribution in [0.5, 0.6) is 0 Å². The van der Waals surface area contributed by atoms with Crippen LogP contribution in [0.15, 0.2) is 46.8 Å². The van der Waals surface area contributed by atoms with Crippen LogP contribution in [0.2, 0.25) is 0 Å². The summed E-state index contributed by atoms with van der Waals surface area (Å²) in [6.07, 6.45) is 1.01. The number of hydrogen-bond acceptors (Lipinski definition) is 4. The van der Waals surface area contributed by atoms with E-state index in [0.717, 1.165) is 36.7 Å². The number of thiophene rings is 1. The molecule has 0 saturated heterocycles. The third-order valence-electron chi connectivity index (χ3n) is 4.05. The second-order valence-corrected chi connectivity index (χ2v) is 7.94. The monoisotopic (exact) mass is 401 g/mol. The van der Waals surface area contributed by atoms with Crippen LogP contribution < -0.4 is 10.6 Å². The molecule has 1 aromatic carbocycles. The third kappa shape index (κ3) is 7.70. The largest absolute Gasteiger partial charge is 0.357 e. The Bertz CT molecular complexity index is 758. The van der Waals surface area contributed by atoms with Gasteiger partial charge in [0.05, 0.1) is 13.1 Å². The molecule has 1 aromatic heterocycles. The van der Waals surface area contributed by atoms with Gasteiger partial charge in [0.2, 0.25) is 5.91 Å². The smallest absolute Gasteiger partial charge is 0.238 e. The first-order valence-corrected chi connectivity index (χ1v) is 10.4. The van der Waals surface area contributed by atoms with Gasteiger partial charge in [-0.1, -0.05) is 18.2 Å². The molecule has 2 aromatic rings. The van der Waals surface area contributed by atoms with Crippen molar-refractivity contribution in [2.75, 3.05) is 46.1 Å². The number of carbonyl (C=O) groups is 1. The van der Waals surface area contributed by atoms with Gasteiger partial charge in [-0.2, -0.15) is 0 Å². The van der Waals surface area contributed by atoms with Crippen LogP contribution in [0, 0.1) is 0 Å². The molecular weight excluding hydrogens is 370 g/mol. The predicted octanol–water partition coefficient (Wildman–Crippen LogP) is 2.89. The molecule has 0 aliphatic rings. The third-order valence-corrected chi connectivity index (χ3v) is 4.99. The number of anilines is 1. The lowest BCUT2D eigenvalue weighted by atomic mass is 10.2. The van der Waals surface area contributed by atoms with Gasteiger partial charge in [0.1, 0.15) is 0 Å². The van der Waals surface area contributed by atoms with Crippen LogP contribution in [-0.2, 0) is 17.8 Å². The molecule has 1 amide bonds. The van der Waals surface area contributed by atoms with Gasteiger partial charge in [0, 0.05) is 30.7 Å². The number of carbonyl (C=O) groups excluding carboxylic acids is 1. The molecule has 0 spiro atoms. The second kappa shape index (κ2) is 11.5. The molecule has 0 bridgehead atoms. The maximum absolute atomic E-state index is 11.9. The minimum atomic E-state index is -0.0210. The fraction of sp³-hybridized carbons (Fsp3) is 0.429.